The normalized spacial score (nSPS) is 12.0. The Kier molecular flexibility index (Phi) is 5.15. The summed E-state index contributed by atoms with van der Waals surface area (Å²) in [4.78, 5) is 12.4. The van der Waals surface area contributed by atoms with Gasteiger partial charge in [0.05, 0.1) is 11.8 Å². The van der Waals surface area contributed by atoms with E-state index in [1.807, 2.05) is 38.1 Å². The Balaban J connectivity index is 1.43. The zero-order valence-corrected chi connectivity index (χ0v) is 16.0. The lowest BCUT2D eigenvalue weighted by Gasteiger charge is -2.15. The molecule has 1 aromatic heterocycles. The molecule has 3 aromatic rings. The zero-order valence-electron chi connectivity index (χ0n) is 16.0. The van der Waals surface area contributed by atoms with Crippen LogP contribution >= 0.6 is 0 Å². The fourth-order valence-corrected chi connectivity index (χ4v) is 2.76. The van der Waals surface area contributed by atoms with Crippen molar-refractivity contribution in [3.63, 3.8) is 0 Å². The number of amides is 1. The quantitative estimate of drug-likeness (QED) is 0.655. The molecule has 0 aliphatic carbocycles. The molecule has 8 nitrogen and oxygen atoms in total. The van der Waals surface area contributed by atoms with E-state index in [0.29, 0.717) is 28.7 Å². The van der Waals surface area contributed by atoms with Crippen LogP contribution in [0.25, 0.3) is 0 Å². The minimum absolute atomic E-state index is 0.0535. The van der Waals surface area contributed by atoms with Gasteiger partial charge in [0.1, 0.15) is 5.75 Å². The number of carbonyl (C=O) groups excluding carboxylic acids is 1. The van der Waals surface area contributed by atoms with Gasteiger partial charge >= 0.3 is 0 Å². The minimum Gasteiger partial charge on any atom is -0.489 e. The van der Waals surface area contributed by atoms with Crippen molar-refractivity contribution in [1.82, 2.24) is 10.2 Å². The van der Waals surface area contributed by atoms with E-state index in [1.54, 1.807) is 30.3 Å². The van der Waals surface area contributed by atoms with E-state index in [0.717, 1.165) is 11.4 Å². The van der Waals surface area contributed by atoms with Gasteiger partial charge in [0.15, 0.2) is 23.1 Å². The van der Waals surface area contributed by atoms with Crippen molar-refractivity contribution < 1.29 is 19.0 Å². The van der Waals surface area contributed by atoms with Crippen molar-refractivity contribution in [2.45, 2.75) is 20.0 Å². The molecule has 29 heavy (non-hydrogen) atoms. The molecule has 8 heteroatoms. The van der Waals surface area contributed by atoms with Crippen molar-refractivity contribution in [3.05, 3.63) is 60.2 Å². The molecule has 0 radical (unpaired) electrons. The van der Waals surface area contributed by atoms with Crippen molar-refractivity contribution in [2.75, 3.05) is 17.4 Å². The Morgan fingerprint density at radius 1 is 1.00 bits per heavy atom. The standard InChI is InChI=1S/C21H20N4O4/c1-13(2)29-16-6-4-3-5-15(16)22-19-9-10-20(25-24-19)23-21(26)14-7-8-17-18(11-14)28-12-27-17/h3-11,13H,12H2,1-2H3,(H,22,24)(H,23,25,26). The minimum atomic E-state index is -0.311. The fourth-order valence-electron chi connectivity index (χ4n) is 2.76. The second-order valence-electron chi connectivity index (χ2n) is 6.61. The molecule has 148 valence electrons. The summed E-state index contributed by atoms with van der Waals surface area (Å²) in [6.45, 7) is 4.09. The van der Waals surface area contributed by atoms with Gasteiger partial charge in [-0.15, -0.1) is 10.2 Å². The molecule has 2 heterocycles. The maximum absolute atomic E-state index is 12.4. The largest absolute Gasteiger partial charge is 0.489 e. The predicted molar refractivity (Wildman–Crippen MR) is 108 cm³/mol. The first kappa shape index (κ1) is 18.5. The van der Waals surface area contributed by atoms with Crippen molar-refractivity contribution in [1.29, 1.82) is 0 Å². The molecular formula is C21H20N4O4. The average Bonchev–Trinajstić information content (AvgIpc) is 3.18. The molecule has 0 bridgehead atoms. The number of hydrogen-bond donors (Lipinski definition) is 2. The molecule has 0 unspecified atom stereocenters. The van der Waals surface area contributed by atoms with Crippen molar-refractivity contribution in [2.24, 2.45) is 0 Å². The highest BCUT2D eigenvalue weighted by Crippen LogP contribution is 2.32. The summed E-state index contributed by atoms with van der Waals surface area (Å²) in [7, 11) is 0. The molecule has 1 aliphatic heterocycles. The van der Waals surface area contributed by atoms with Crippen molar-refractivity contribution >= 4 is 23.2 Å². The van der Waals surface area contributed by atoms with E-state index < -0.39 is 0 Å². The van der Waals surface area contributed by atoms with E-state index in [9.17, 15) is 4.79 Å². The van der Waals surface area contributed by atoms with Gasteiger partial charge in [-0.05, 0) is 56.3 Å². The first-order valence-electron chi connectivity index (χ1n) is 9.16. The van der Waals surface area contributed by atoms with Gasteiger partial charge in [0, 0.05) is 5.56 Å². The van der Waals surface area contributed by atoms with Gasteiger partial charge in [-0.2, -0.15) is 0 Å². The van der Waals surface area contributed by atoms with Gasteiger partial charge in [-0.1, -0.05) is 12.1 Å². The fraction of sp³-hybridized carbons (Fsp3) is 0.190. The monoisotopic (exact) mass is 392 g/mol. The van der Waals surface area contributed by atoms with Gasteiger partial charge < -0.3 is 24.8 Å². The number of benzene rings is 2. The van der Waals surface area contributed by atoms with E-state index in [1.165, 1.54) is 0 Å². The average molecular weight is 392 g/mol. The molecule has 0 saturated carbocycles. The molecule has 0 fully saturated rings. The molecule has 2 N–H and O–H groups in total. The summed E-state index contributed by atoms with van der Waals surface area (Å²) in [6, 6.07) is 16.0. The maximum Gasteiger partial charge on any atom is 0.257 e. The van der Waals surface area contributed by atoms with E-state index in [4.69, 9.17) is 14.2 Å². The van der Waals surface area contributed by atoms with Crippen LogP contribution in [0.2, 0.25) is 0 Å². The van der Waals surface area contributed by atoms with Crippen LogP contribution in [0.1, 0.15) is 24.2 Å². The summed E-state index contributed by atoms with van der Waals surface area (Å²) in [5.74, 6) is 2.46. The highest BCUT2D eigenvalue weighted by atomic mass is 16.7. The van der Waals surface area contributed by atoms with Crippen LogP contribution in [0, 0.1) is 0 Å². The third-order valence-corrected chi connectivity index (χ3v) is 4.05. The number of fused-ring (bicyclic) bond motifs is 1. The second-order valence-corrected chi connectivity index (χ2v) is 6.61. The van der Waals surface area contributed by atoms with Gasteiger partial charge in [0.2, 0.25) is 6.79 Å². The van der Waals surface area contributed by atoms with Gasteiger partial charge in [0.25, 0.3) is 5.91 Å². The Morgan fingerprint density at radius 2 is 1.76 bits per heavy atom. The van der Waals surface area contributed by atoms with Gasteiger partial charge in [-0.25, -0.2) is 0 Å². The topological polar surface area (TPSA) is 94.6 Å². The highest BCUT2D eigenvalue weighted by molar-refractivity contribution is 6.04. The number of hydrogen-bond acceptors (Lipinski definition) is 7. The van der Waals surface area contributed by atoms with Crippen LogP contribution < -0.4 is 24.8 Å². The smallest absolute Gasteiger partial charge is 0.257 e. The Morgan fingerprint density at radius 3 is 2.55 bits per heavy atom. The number of rotatable bonds is 6. The van der Waals surface area contributed by atoms with E-state index in [2.05, 4.69) is 20.8 Å². The number of nitrogens with zero attached hydrogens (tertiary/aromatic N) is 2. The summed E-state index contributed by atoms with van der Waals surface area (Å²) in [5.41, 5.74) is 1.23. The molecule has 0 spiro atoms. The number of nitrogens with one attached hydrogen (secondary N) is 2. The summed E-state index contributed by atoms with van der Waals surface area (Å²) in [5, 5.41) is 14.1. The van der Waals surface area contributed by atoms with Crippen LogP contribution in [-0.2, 0) is 0 Å². The second kappa shape index (κ2) is 8.05. The number of para-hydroxylation sites is 2. The van der Waals surface area contributed by atoms with Crippen LogP contribution in [0.5, 0.6) is 17.2 Å². The number of anilines is 3. The number of ether oxygens (including phenoxy) is 3. The van der Waals surface area contributed by atoms with Crippen LogP contribution in [0.3, 0.4) is 0 Å². The number of aromatic nitrogens is 2. The maximum atomic E-state index is 12.4. The zero-order chi connectivity index (χ0) is 20.2. The molecule has 2 aromatic carbocycles. The lowest BCUT2D eigenvalue weighted by Crippen LogP contribution is -2.13. The predicted octanol–water partition coefficient (Wildman–Crippen LogP) is 3.99. The number of carbonyl (C=O) groups is 1. The molecule has 0 saturated heterocycles. The lowest BCUT2D eigenvalue weighted by atomic mass is 10.2. The first-order valence-corrected chi connectivity index (χ1v) is 9.16. The SMILES string of the molecule is CC(C)Oc1ccccc1Nc1ccc(NC(=O)c2ccc3c(c2)OCO3)nn1. The molecule has 1 amide bonds. The Bertz CT molecular complexity index is 1020. The highest BCUT2D eigenvalue weighted by Gasteiger charge is 2.16. The third kappa shape index (κ3) is 4.37. The summed E-state index contributed by atoms with van der Waals surface area (Å²) < 4.78 is 16.3. The lowest BCUT2D eigenvalue weighted by molar-refractivity contribution is 0.102. The van der Waals surface area contributed by atoms with Crippen LogP contribution in [0.15, 0.2) is 54.6 Å². The van der Waals surface area contributed by atoms with Crippen LogP contribution in [-0.4, -0.2) is 29.0 Å². The molecule has 0 atom stereocenters. The summed E-state index contributed by atoms with van der Waals surface area (Å²) in [6.07, 6.45) is 0.0535. The van der Waals surface area contributed by atoms with Gasteiger partial charge in [-0.3, -0.25) is 4.79 Å². The molecule has 4 rings (SSSR count). The van der Waals surface area contributed by atoms with E-state index in [-0.39, 0.29) is 18.8 Å². The first-order chi connectivity index (χ1) is 14.1. The third-order valence-electron chi connectivity index (χ3n) is 4.05. The summed E-state index contributed by atoms with van der Waals surface area (Å²) >= 11 is 0. The van der Waals surface area contributed by atoms with E-state index >= 15 is 0 Å². The molecular weight excluding hydrogens is 372 g/mol. The Hall–Kier alpha value is -3.81. The Labute approximate surface area is 167 Å². The molecule has 1 aliphatic rings. The van der Waals surface area contributed by atoms with Crippen LogP contribution in [0.4, 0.5) is 17.3 Å². The van der Waals surface area contributed by atoms with Crippen molar-refractivity contribution in [3.8, 4) is 17.2 Å².